The van der Waals surface area contributed by atoms with Crippen LogP contribution in [0.2, 0.25) is 0 Å². The second-order valence-electron chi connectivity index (χ2n) is 7.41. The summed E-state index contributed by atoms with van der Waals surface area (Å²) in [7, 11) is 0. The van der Waals surface area contributed by atoms with E-state index in [0.29, 0.717) is 36.2 Å². The first kappa shape index (κ1) is 18.4. The van der Waals surface area contributed by atoms with E-state index >= 15 is 0 Å². The molecule has 28 heavy (non-hydrogen) atoms. The molecule has 4 nitrogen and oxygen atoms in total. The number of rotatable bonds is 3. The minimum absolute atomic E-state index is 0.0857. The smallest absolute Gasteiger partial charge is 0.189 e. The first-order valence-electron chi connectivity index (χ1n) is 9.36. The summed E-state index contributed by atoms with van der Waals surface area (Å²) in [6.07, 6.45) is 2.62. The Hall–Kier alpha value is -2.92. The fourth-order valence-corrected chi connectivity index (χ4v) is 4.02. The molecule has 142 valence electrons. The number of fused-ring (bicyclic) bond motifs is 1. The fourth-order valence-electron chi connectivity index (χ4n) is 4.02. The van der Waals surface area contributed by atoms with Gasteiger partial charge in [-0.3, -0.25) is 10.2 Å². The predicted octanol–water partition coefficient (Wildman–Crippen LogP) is 4.22. The van der Waals surface area contributed by atoms with Gasteiger partial charge < -0.3 is 5.11 Å². The van der Waals surface area contributed by atoms with Crippen molar-refractivity contribution in [2.24, 2.45) is 4.99 Å². The molecular weight excluding hydrogens is 355 g/mol. The number of hydrogen-bond acceptors (Lipinski definition) is 3. The van der Waals surface area contributed by atoms with Crippen molar-refractivity contribution in [3.8, 4) is 0 Å². The SMILES string of the molecule is CC1=NC(=N)Cc2ccc(C(=O)C3=CCC(O)CC3c3ccc(F)cc3)cc21. The lowest BCUT2D eigenvalue weighted by molar-refractivity contribution is 0.101. The molecule has 2 unspecified atom stereocenters. The summed E-state index contributed by atoms with van der Waals surface area (Å²) in [5, 5.41) is 17.9. The Morgan fingerprint density at radius 3 is 2.71 bits per heavy atom. The number of hydrogen-bond donors (Lipinski definition) is 2. The normalized spacial score (nSPS) is 21.6. The van der Waals surface area contributed by atoms with Gasteiger partial charge in [-0.15, -0.1) is 0 Å². The fraction of sp³-hybridized carbons (Fsp3) is 0.261. The highest BCUT2D eigenvalue weighted by molar-refractivity contribution is 6.14. The highest BCUT2D eigenvalue weighted by Gasteiger charge is 2.30. The maximum Gasteiger partial charge on any atom is 0.189 e. The van der Waals surface area contributed by atoms with Crippen molar-refractivity contribution in [3.05, 3.63) is 82.2 Å². The number of carbonyl (C=O) groups excluding carboxylic acids is 1. The number of allylic oxidation sites excluding steroid dienone is 1. The van der Waals surface area contributed by atoms with Gasteiger partial charge in [0.05, 0.1) is 6.10 Å². The van der Waals surface area contributed by atoms with Gasteiger partial charge in [0, 0.05) is 34.8 Å². The van der Waals surface area contributed by atoms with Crippen LogP contribution in [0.1, 0.15) is 52.7 Å². The van der Waals surface area contributed by atoms with Crippen molar-refractivity contribution in [3.63, 3.8) is 0 Å². The van der Waals surface area contributed by atoms with Gasteiger partial charge in [-0.25, -0.2) is 9.38 Å². The Balaban J connectivity index is 1.70. The van der Waals surface area contributed by atoms with Gasteiger partial charge in [0.2, 0.25) is 0 Å². The van der Waals surface area contributed by atoms with E-state index in [1.807, 2.05) is 19.1 Å². The number of halogens is 1. The molecule has 1 aliphatic heterocycles. The van der Waals surface area contributed by atoms with Crippen LogP contribution in [0.5, 0.6) is 0 Å². The molecule has 0 aromatic heterocycles. The molecule has 0 radical (unpaired) electrons. The minimum atomic E-state index is -0.518. The molecule has 0 spiro atoms. The van der Waals surface area contributed by atoms with E-state index in [9.17, 15) is 14.3 Å². The number of ketones is 1. The minimum Gasteiger partial charge on any atom is -0.393 e. The van der Waals surface area contributed by atoms with E-state index in [0.717, 1.165) is 22.4 Å². The van der Waals surface area contributed by atoms with Gasteiger partial charge in [-0.1, -0.05) is 30.3 Å². The maximum atomic E-state index is 13.3. The van der Waals surface area contributed by atoms with E-state index < -0.39 is 6.10 Å². The Labute approximate surface area is 163 Å². The zero-order valence-corrected chi connectivity index (χ0v) is 15.6. The summed E-state index contributed by atoms with van der Waals surface area (Å²) in [6, 6.07) is 11.6. The number of Topliss-reactive ketones (excluding diaryl/α,β-unsaturated/α-hetero) is 1. The third-order valence-corrected chi connectivity index (χ3v) is 5.45. The number of nitrogens with one attached hydrogen (secondary N) is 1. The molecule has 0 bridgehead atoms. The molecule has 2 aromatic rings. The van der Waals surface area contributed by atoms with Gasteiger partial charge in [-0.05, 0) is 49.1 Å². The number of aliphatic hydroxyl groups excluding tert-OH is 1. The molecule has 5 heteroatoms. The standard InChI is InChI=1S/C23H21FN2O2/c1-13-20-10-16(3-2-15(20)11-22(25)26-13)23(28)19-9-8-18(27)12-21(19)14-4-6-17(24)7-5-14/h2-7,9-10,18,21,25,27H,8,11-12H2,1H3. The lowest BCUT2D eigenvalue weighted by Gasteiger charge is -2.27. The van der Waals surface area contributed by atoms with Crippen LogP contribution in [0.25, 0.3) is 0 Å². The molecule has 0 saturated heterocycles. The van der Waals surface area contributed by atoms with Gasteiger partial charge in [0.15, 0.2) is 5.78 Å². The first-order valence-corrected chi connectivity index (χ1v) is 9.36. The van der Waals surface area contributed by atoms with Gasteiger partial charge in [-0.2, -0.15) is 0 Å². The molecule has 2 aromatic carbocycles. The molecule has 0 fully saturated rings. The van der Waals surface area contributed by atoms with Crippen LogP contribution in [0, 0.1) is 11.2 Å². The third-order valence-electron chi connectivity index (χ3n) is 5.45. The molecule has 0 amide bonds. The van der Waals surface area contributed by atoms with Crippen molar-refractivity contribution in [1.82, 2.24) is 0 Å². The zero-order chi connectivity index (χ0) is 19.8. The number of aliphatic imine (C=N–C) groups is 1. The van der Waals surface area contributed by atoms with Gasteiger partial charge in [0.25, 0.3) is 0 Å². The molecular formula is C23H21FN2O2. The van der Waals surface area contributed by atoms with Crippen LogP contribution in [-0.4, -0.2) is 28.5 Å². The number of amidine groups is 1. The van der Waals surface area contributed by atoms with E-state index in [-0.39, 0.29) is 17.5 Å². The Morgan fingerprint density at radius 1 is 1.21 bits per heavy atom. The van der Waals surface area contributed by atoms with Crippen LogP contribution >= 0.6 is 0 Å². The van der Waals surface area contributed by atoms with Crippen LogP contribution in [-0.2, 0) is 6.42 Å². The largest absolute Gasteiger partial charge is 0.393 e. The summed E-state index contributed by atoms with van der Waals surface area (Å²) in [5.41, 5.74) is 4.66. The lowest BCUT2D eigenvalue weighted by atomic mass is 9.78. The van der Waals surface area contributed by atoms with Crippen molar-refractivity contribution in [2.45, 2.75) is 38.2 Å². The van der Waals surface area contributed by atoms with Crippen molar-refractivity contribution in [2.75, 3.05) is 0 Å². The van der Waals surface area contributed by atoms with Gasteiger partial charge in [0.1, 0.15) is 11.7 Å². The average Bonchev–Trinajstić information content (AvgIpc) is 2.67. The van der Waals surface area contributed by atoms with E-state index in [1.165, 1.54) is 12.1 Å². The number of nitrogens with zero attached hydrogens (tertiary/aromatic N) is 1. The van der Waals surface area contributed by atoms with Crippen LogP contribution in [0.4, 0.5) is 4.39 Å². The Kier molecular flexibility index (Phi) is 4.77. The van der Waals surface area contributed by atoms with E-state index in [2.05, 4.69) is 4.99 Å². The molecule has 2 atom stereocenters. The van der Waals surface area contributed by atoms with E-state index in [4.69, 9.17) is 5.41 Å². The second kappa shape index (κ2) is 7.24. The summed E-state index contributed by atoms with van der Waals surface area (Å²) < 4.78 is 13.3. The summed E-state index contributed by atoms with van der Waals surface area (Å²) >= 11 is 0. The van der Waals surface area contributed by atoms with Crippen LogP contribution in [0.3, 0.4) is 0 Å². The van der Waals surface area contributed by atoms with Gasteiger partial charge >= 0.3 is 0 Å². The van der Waals surface area contributed by atoms with Crippen molar-refractivity contribution in [1.29, 1.82) is 5.41 Å². The molecule has 1 heterocycles. The van der Waals surface area contributed by atoms with E-state index in [1.54, 1.807) is 24.3 Å². The molecule has 2 aliphatic rings. The van der Waals surface area contributed by atoms with Crippen LogP contribution < -0.4 is 0 Å². The highest BCUT2D eigenvalue weighted by Crippen LogP contribution is 2.36. The van der Waals surface area contributed by atoms with Crippen LogP contribution in [0.15, 0.2) is 59.1 Å². The third kappa shape index (κ3) is 3.45. The molecule has 4 rings (SSSR count). The predicted molar refractivity (Wildman–Crippen MR) is 107 cm³/mol. The quantitative estimate of drug-likeness (QED) is 0.788. The number of aliphatic hydroxyl groups is 1. The number of carbonyl (C=O) groups is 1. The summed E-state index contributed by atoms with van der Waals surface area (Å²) in [4.78, 5) is 17.5. The molecule has 0 saturated carbocycles. The highest BCUT2D eigenvalue weighted by atomic mass is 19.1. The zero-order valence-electron chi connectivity index (χ0n) is 15.6. The van der Waals surface area contributed by atoms with Crippen molar-refractivity contribution < 1.29 is 14.3 Å². The topological polar surface area (TPSA) is 73.5 Å². The second-order valence-corrected chi connectivity index (χ2v) is 7.41. The summed E-state index contributed by atoms with van der Waals surface area (Å²) in [6.45, 7) is 1.85. The molecule has 2 N–H and O–H groups in total. The Morgan fingerprint density at radius 2 is 1.96 bits per heavy atom. The monoisotopic (exact) mass is 376 g/mol. The van der Waals surface area contributed by atoms with Crippen molar-refractivity contribution >= 4 is 17.3 Å². The summed E-state index contributed by atoms with van der Waals surface area (Å²) in [5.74, 6) is -0.357. The maximum absolute atomic E-state index is 13.3. The Bertz CT molecular complexity index is 1020. The molecule has 1 aliphatic carbocycles. The number of benzene rings is 2. The first-order chi connectivity index (χ1) is 13.4. The average molecular weight is 376 g/mol. The lowest BCUT2D eigenvalue weighted by Crippen LogP contribution is -2.23.